The third-order valence-electron chi connectivity index (χ3n) is 3.66. The number of nitrogens with zero attached hydrogens (tertiary/aromatic N) is 1. The molecule has 1 fully saturated rings. The van der Waals surface area contributed by atoms with Gasteiger partial charge in [0.25, 0.3) is 0 Å². The fourth-order valence-electron chi connectivity index (χ4n) is 2.71. The van der Waals surface area contributed by atoms with Crippen LogP contribution in [0.15, 0.2) is 18.2 Å². The fourth-order valence-corrected chi connectivity index (χ4v) is 2.71. The Bertz CT molecular complexity index is 397. The number of nitrogens with one attached hydrogen (secondary N) is 1. The summed E-state index contributed by atoms with van der Waals surface area (Å²) in [5.41, 5.74) is 2.03. The van der Waals surface area contributed by atoms with Crippen LogP contribution in [0.2, 0.25) is 0 Å². The average molecular weight is 264 g/mol. The third-order valence-corrected chi connectivity index (χ3v) is 3.66. The Balaban J connectivity index is 1.87. The lowest BCUT2D eigenvalue weighted by molar-refractivity contribution is 0.477. The smallest absolute Gasteiger partial charge is 0.125 e. The predicted octanol–water partition coefficient (Wildman–Crippen LogP) is 3.21. The molecule has 2 rings (SSSR count). The molecule has 3 heteroatoms. The van der Waals surface area contributed by atoms with E-state index in [-0.39, 0.29) is 5.82 Å². The summed E-state index contributed by atoms with van der Waals surface area (Å²) in [5.74, 6) is 1.25. The molecule has 1 aromatic rings. The van der Waals surface area contributed by atoms with Gasteiger partial charge in [0.1, 0.15) is 5.82 Å². The molecule has 0 aliphatic carbocycles. The van der Waals surface area contributed by atoms with Crippen molar-refractivity contribution >= 4 is 5.69 Å². The van der Waals surface area contributed by atoms with E-state index in [1.165, 1.54) is 6.42 Å². The number of hydrogen-bond acceptors (Lipinski definition) is 2. The zero-order valence-electron chi connectivity index (χ0n) is 12.2. The summed E-state index contributed by atoms with van der Waals surface area (Å²) < 4.78 is 13.4. The van der Waals surface area contributed by atoms with Crippen molar-refractivity contribution in [1.82, 2.24) is 5.32 Å². The molecule has 0 radical (unpaired) electrons. The van der Waals surface area contributed by atoms with Gasteiger partial charge in [-0.15, -0.1) is 0 Å². The quantitative estimate of drug-likeness (QED) is 0.878. The van der Waals surface area contributed by atoms with Crippen molar-refractivity contribution in [3.8, 4) is 0 Å². The van der Waals surface area contributed by atoms with E-state index in [9.17, 15) is 4.39 Å². The summed E-state index contributed by atoms with van der Waals surface area (Å²) in [6, 6.07) is 5.31. The van der Waals surface area contributed by atoms with Crippen molar-refractivity contribution in [2.24, 2.45) is 11.8 Å². The van der Waals surface area contributed by atoms with Gasteiger partial charge in [-0.2, -0.15) is 0 Å². The monoisotopic (exact) mass is 264 g/mol. The summed E-state index contributed by atoms with van der Waals surface area (Å²) >= 11 is 0. The summed E-state index contributed by atoms with van der Waals surface area (Å²) in [5, 5.41) is 3.52. The molecule has 106 valence electrons. The minimum absolute atomic E-state index is 0.128. The molecular formula is C16H25FN2. The highest BCUT2D eigenvalue weighted by molar-refractivity contribution is 5.49. The van der Waals surface area contributed by atoms with Crippen molar-refractivity contribution in [3.05, 3.63) is 29.6 Å². The highest BCUT2D eigenvalue weighted by Crippen LogP contribution is 2.25. The van der Waals surface area contributed by atoms with Gasteiger partial charge in [0.2, 0.25) is 0 Å². The van der Waals surface area contributed by atoms with Crippen molar-refractivity contribution in [3.63, 3.8) is 0 Å². The highest BCUT2D eigenvalue weighted by Gasteiger charge is 2.22. The number of halogens is 1. The summed E-state index contributed by atoms with van der Waals surface area (Å²) in [4.78, 5) is 2.30. The Morgan fingerprint density at radius 2 is 2.16 bits per heavy atom. The van der Waals surface area contributed by atoms with Gasteiger partial charge in [-0.3, -0.25) is 0 Å². The Kier molecular flexibility index (Phi) is 4.81. The topological polar surface area (TPSA) is 15.3 Å². The predicted molar refractivity (Wildman–Crippen MR) is 79.2 cm³/mol. The van der Waals surface area contributed by atoms with E-state index < -0.39 is 0 Å². The Morgan fingerprint density at radius 3 is 2.84 bits per heavy atom. The standard InChI is InChI=1S/C16H25FN2/c1-12(2)9-18-10-14-4-5-19(11-14)16-7-13(3)6-15(17)8-16/h6-8,12,14,18H,4-5,9-11H2,1-3H3. The first-order valence-electron chi connectivity index (χ1n) is 7.27. The van der Waals surface area contributed by atoms with Gasteiger partial charge in [0, 0.05) is 18.8 Å². The van der Waals surface area contributed by atoms with Gasteiger partial charge >= 0.3 is 0 Å². The van der Waals surface area contributed by atoms with Crippen LogP contribution in [0.25, 0.3) is 0 Å². The molecule has 1 aliphatic heterocycles. The second-order valence-corrected chi connectivity index (χ2v) is 6.14. The summed E-state index contributed by atoms with van der Waals surface area (Å²) in [7, 11) is 0. The molecule has 1 N–H and O–H groups in total. The first-order valence-corrected chi connectivity index (χ1v) is 7.27. The maximum Gasteiger partial charge on any atom is 0.125 e. The Hall–Kier alpha value is -1.09. The van der Waals surface area contributed by atoms with Crippen LogP contribution in [-0.4, -0.2) is 26.2 Å². The maximum absolute atomic E-state index is 13.4. The third kappa shape index (κ3) is 4.20. The van der Waals surface area contributed by atoms with Crippen LogP contribution in [0.4, 0.5) is 10.1 Å². The van der Waals surface area contributed by atoms with E-state index in [1.54, 1.807) is 12.1 Å². The lowest BCUT2D eigenvalue weighted by Crippen LogP contribution is -2.28. The van der Waals surface area contributed by atoms with Crippen LogP contribution in [0, 0.1) is 24.6 Å². The number of hydrogen-bond donors (Lipinski definition) is 1. The Labute approximate surface area is 116 Å². The molecule has 19 heavy (non-hydrogen) atoms. The molecule has 1 saturated heterocycles. The first kappa shape index (κ1) is 14.3. The van der Waals surface area contributed by atoms with Gasteiger partial charge in [0.15, 0.2) is 0 Å². The molecule has 0 bridgehead atoms. The molecule has 1 atom stereocenters. The number of aryl methyl sites for hydroxylation is 1. The normalized spacial score (nSPS) is 19.4. The van der Waals surface area contributed by atoms with E-state index in [4.69, 9.17) is 0 Å². The number of rotatable bonds is 5. The van der Waals surface area contributed by atoms with Crippen LogP contribution >= 0.6 is 0 Å². The SMILES string of the molecule is Cc1cc(F)cc(N2CCC(CNCC(C)C)C2)c1. The van der Waals surface area contributed by atoms with E-state index in [1.807, 2.05) is 6.92 Å². The molecule has 0 amide bonds. The van der Waals surface area contributed by atoms with Crippen molar-refractivity contribution in [2.45, 2.75) is 27.2 Å². The molecule has 0 saturated carbocycles. The molecule has 2 nitrogen and oxygen atoms in total. The van der Waals surface area contributed by atoms with Crippen LogP contribution in [0.5, 0.6) is 0 Å². The minimum Gasteiger partial charge on any atom is -0.371 e. The first-order chi connectivity index (χ1) is 9.04. The largest absolute Gasteiger partial charge is 0.371 e. The number of anilines is 1. The molecule has 1 aromatic carbocycles. The second kappa shape index (κ2) is 6.38. The van der Waals surface area contributed by atoms with Gasteiger partial charge in [0.05, 0.1) is 0 Å². The minimum atomic E-state index is -0.128. The molecule has 1 aliphatic rings. The lowest BCUT2D eigenvalue weighted by Gasteiger charge is -2.19. The molecular weight excluding hydrogens is 239 g/mol. The van der Waals surface area contributed by atoms with Crippen LogP contribution in [0.3, 0.4) is 0 Å². The van der Waals surface area contributed by atoms with Gasteiger partial charge in [-0.25, -0.2) is 4.39 Å². The van der Waals surface area contributed by atoms with E-state index in [2.05, 4.69) is 30.1 Å². The van der Waals surface area contributed by atoms with E-state index >= 15 is 0 Å². The number of benzene rings is 1. The zero-order valence-corrected chi connectivity index (χ0v) is 12.2. The van der Waals surface area contributed by atoms with Gasteiger partial charge in [-0.1, -0.05) is 13.8 Å². The molecule has 1 heterocycles. The van der Waals surface area contributed by atoms with E-state index in [0.717, 1.165) is 37.4 Å². The second-order valence-electron chi connectivity index (χ2n) is 6.14. The summed E-state index contributed by atoms with van der Waals surface area (Å²) in [6.45, 7) is 10.6. The van der Waals surface area contributed by atoms with Gasteiger partial charge in [-0.05, 0) is 62.0 Å². The fraction of sp³-hybridized carbons (Fsp3) is 0.625. The van der Waals surface area contributed by atoms with Crippen molar-refractivity contribution in [1.29, 1.82) is 0 Å². The molecule has 1 unspecified atom stereocenters. The lowest BCUT2D eigenvalue weighted by atomic mass is 10.1. The van der Waals surface area contributed by atoms with Crippen molar-refractivity contribution in [2.75, 3.05) is 31.1 Å². The van der Waals surface area contributed by atoms with E-state index in [0.29, 0.717) is 11.8 Å². The van der Waals surface area contributed by atoms with Crippen molar-refractivity contribution < 1.29 is 4.39 Å². The molecule has 0 aromatic heterocycles. The van der Waals surface area contributed by atoms with Crippen LogP contribution < -0.4 is 10.2 Å². The Morgan fingerprint density at radius 1 is 1.37 bits per heavy atom. The van der Waals surface area contributed by atoms with Gasteiger partial charge < -0.3 is 10.2 Å². The zero-order chi connectivity index (χ0) is 13.8. The summed E-state index contributed by atoms with van der Waals surface area (Å²) in [6.07, 6.45) is 1.20. The molecule has 0 spiro atoms. The average Bonchev–Trinajstić information content (AvgIpc) is 2.76. The maximum atomic E-state index is 13.4. The van der Waals surface area contributed by atoms with Crippen LogP contribution in [0.1, 0.15) is 25.8 Å². The highest BCUT2D eigenvalue weighted by atomic mass is 19.1. The van der Waals surface area contributed by atoms with Crippen LogP contribution in [-0.2, 0) is 0 Å².